The molecule has 0 spiro atoms. The number of hydrogen-bond acceptors (Lipinski definition) is 6. The highest BCUT2D eigenvalue weighted by atomic mass is 32.1. The molecule has 0 aliphatic heterocycles. The van der Waals surface area contributed by atoms with Gasteiger partial charge in [0.25, 0.3) is 5.91 Å². The fraction of sp³-hybridized carbons (Fsp3) is 0.294. The van der Waals surface area contributed by atoms with Gasteiger partial charge in [-0.2, -0.15) is 0 Å². The summed E-state index contributed by atoms with van der Waals surface area (Å²) in [7, 11) is 1.65. The quantitative estimate of drug-likeness (QED) is 0.657. The molecule has 1 amide bonds. The Balaban J connectivity index is 1.91. The highest BCUT2D eigenvalue weighted by Gasteiger charge is 2.12. The molecule has 2 heterocycles. The van der Waals surface area contributed by atoms with Crippen LogP contribution in [-0.2, 0) is 4.74 Å². The number of thiophene rings is 1. The maximum atomic E-state index is 12.5. The minimum atomic E-state index is -0.124. The average Bonchev–Trinajstić information content (AvgIpc) is 3.30. The number of rotatable bonds is 7. The molecule has 0 aliphatic rings. The van der Waals surface area contributed by atoms with E-state index < -0.39 is 0 Å². The number of carbonyl (C=O) groups excluding carboxylic acids is 1. The van der Waals surface area contributed by atoms with Gasteiger partial charge in [0.05, 0.1) is 5.69 Å². The second-order valence-electron chi connectivity index (χ2n) is 5.54. The Labute approximate surface area is 149 Å². The van der Waals surface area contributed by atoms with Crippen molar-refractivity contribution in [2.75, 3.05) is 20.3 Å². The molecule has 0 bridgehead atoms. The van der Waals surface area contributed by atoms with Crippen molar-refractivity contribution in [1.29, 1.82) is 0 Å². The lowest BCUT2D eigenvalue weighted by Crippen LogP contribution is -2.25. The smallest absolute Gasteiger partial charge is 0.251 e. The van der Waals surface area contributed by atoms with E-state index in [4.69, 9.17) is 4.74 Å². The number of benzene rings is 1. The molecule has 0 aliphatic carbocycles. The summed E-state index contributed by atoms with van der Waals surface area (Å²) in [5.41, 5.74) is 2.29. The summed E-state index contributed by atoms with van der Waals surface area (Å²) < 4.78 is 6.55. The van der Waals surface area contributed by atoms with Crippen LogP contribution in [-0.4, -0.2) is 46.4 Å². The monoisotopic (exact) mass is 357 g/mol. The van der Waals surface area contributed by atoms with E-state index in [0.29, 0.717) is 18.7 Å². The maximum Gasteiger partial charge on any atom is 0.251 e. The largest absolute Gasteiger partial charge is 0.385 e. The Morgan fingerprint density at radius 2 is 2.20 bits per heavy atom. The van der Waals surface area contributed by atoms with Gasteiger partial charge in [0.1, 0.15) is 6.33 Å². The molecule has 2 aromatic heterocycles. The molecule has 1 aromatic carbocycles. The second-order valence-corrected chi connectivity index (χ2v) is 6.82. The van der Waals surface area contributed by atoms with Crippen molar-refractivity contribution >= 4 is 17.2 Å². The first kappa shape index (κ1) is 17.2. The topological polar surface area (TPSA) is 81.9 Å². The molecular weight excluding hydrogens is 338 g/mol. The van der Waals surface area contributed by atoms with E-state index in [2.05, 4.69) is 39.9 Å². The molecule has 0 radical (unpaired) electrons. The van der Waals surface area contributed by atoms with Crippen molar-refractivity contribution in [3.63, 3.8) is 0 Å². The Kier molecular flexibility index (Phi) is 5.52. The van der Waals surface area contributed by atoms with E-state index >= 15 is 0 Å². The lowest BCUT2D eigenvalue weighted by atomic mass is 10.1. The van der Waals surface area contributed by atoms with Gasteiger partial charge in [-0.25, -0.2) is 4.68 Å². The van der Waals surface area contributed by atoms with E-state index in [9.17, 15) is 4.79 Å². The van der Waals surface area contributed by atoms with Crippen LogP contribution in [0.15, 0.2) is 36.7 Å². The van der Waals surface area contributed by atoms with Crippen LogP contribution < -0.4 is 5.32 Å². The van der Waals surface area contributed by atoms with E-state index in [1.165, 1.54) is 11.2 Å². The normalized spacial score (nSPS) is 10.8. The highest BCUT2D eigenvalue weighted by Crippen LogP contribution is 2.30. The third kappa shape index (κ3) is 4.28. The van der Waals surface area contributed by atoms with Crippen LogP contribution in [0, 0.1) is 6.92 Å². The number of carbonyl (C=O) groups is 1. The van der Waals surface area contributed by atoms with Gasteiger partial charge in [0.2, 0.25) is 0 Å². The lowest BCUT2D eigenvalue weighted by Gasteiger charge is -2.09. The van der Waals surface area contributed by atoms with Crippen molar-refractivity contribution in [2.45, 2.75) is 13.3 Å². The number of tetrazole rings is 1. The van der Waals surface area contributed by atoms with E-state index in [1.54, 1.807) is 29.2 Å². The van der Waals surface area contributed by atoms with Crippen LogP contribution in [0.5, 0.6) is 0 Å². The second kappa shape index (κ2) is 8.00. The van der Waals surface area contributed by atoms with Crippen molar-refractivity contribution in [3.8, 4) is 16.1 Å². The molecule has 25 heavy (non-hydrogen) atoms. The molecule has 8 heteroatoms. The molecule has 0 unspecified atom stereocenters. The molecule has 3 rings (SSSR count). The van der Waals surface area contributed by atoms with Crippen LogP contribution in [0.2, 0.25) is 0 Å². The molecule has 0 fully saturated rings. The molecule has 130 valence electrons. The number of methoxy groups -OCH3 is 1. The first-order valence-electron chi connectivity index (χ1n) is 7.90. The molecule has 0 saturated carbocycles. The van der Waals surface area contributed by atoms with Crippen LogP contribution in [0.4, 0.5) is 0 Å². The number of aryl methyl sites for hydroxylation is 1. The predicted molar refractivity (Wildman–Crippen MR) is 96.0 cm³/mol. The molecule has 7 nitrogen and oxygen atoms in total. The molecule has 1 N–H and O–H groups in total. The van der Waals surface area contributed by atoms with Crippen molar-refractivity contribution in [2.24, 2.45) is 0 Å². The Bertz CT molecular complexity index is 845. The van der Waals surface area contributed by atoms with Crippen molar-refractivity contribution in [3.05, 3.63) is 47.1 Å². The zero-order valence-electron chi connectivity index (χ0n) is 14.1. The number of amides is 1. The van der Waals surface area contributed by atoms with Crippen LogP contribution >= 0.6 is 11.3 Å². The van der Waals surface area contributed by atoms with E-state index in [0.717, 1.165) is 22.5 Å². The highest BCUT2D eigenvalue weighted by molar-refractivity contribution is 7.15. The Hall–Kier alpha value is -2.58. The van der Waals surface area contributed by atoms with Gasteiger partial charge in [-0.3, -0.25) is 4.79 Å². The van der Waals surface area contributed by atoms with Gasteiger partial charge < -0.3 is 10.1 Å². The summed E-state index contributed by atoms with van der Waals surface area (Å²) >= 11 is 1.68. The first-order valence-corrected chi connectivity index (χ1v) is 8.71. The van der Waals surface area contributed by atoms with Gasteiger partial charge in [-0.05, 0) is 59.7 Å². The summed E-state index contributed by atoms with van der Waals surface area (Å²) in [5, 5.41) is 14.2. The average molecular weight is 357 g/mol. The Morgan fingerprint density at radius 1 is 1.32 bits per heavy atom. The fourth-order valence-corrected chi connectivity index (χ4v) is 3.26. The number of nitrogens with one attached hydrogen (secondary N) is 1. The molecule has 0 atom stereocenters. The van der Waals surface area contributed by atoms with E-state index in [-0.39, 0.29) is 5.91 Å². The summed E-state index contributed by atoms with van der Waals surface area (Å²) in [6.45, 7) is 3.24. The maximum absolute atomic E-state index is 12.5. The van der Waals surface area contributed by atoms with Crippen molar-refractivity contribution < 1.29 is 9.53 Å². The molecular formula is C17H19N5O2S. The number of nitrogens with zero attached hydrogens (tertiary/aromatic N) is 4. The van der Waals surface area contributed by atoms with E-state index in [1.807, 2.05) is 12.1 Å². The predicted octanol–water partition coefficient (Wildman–Crippen LogP) is 2.47. The van der Waals surface area contributed by atoms with Gasteiger partial charge in [-0.15, -0.1) is 16.4 Å². The minimum Gasteiger partial charge on any atom is -0.385 e. The fourth-order valence-electron chi connectivity index (χ4n) is 2.41. The number of ether oxygens (including phenoxy) is 1. The zero-order chi connectivity index (χ0) is 17.6. The third-order valence-electron chi connectivity index (χ3n) is 3.63. The minimum absolute atomic E-state index is 0.124. The van der Waals surface area contributed by atoms with Crippen molar-refractivity contribution in [1.82, 2.24) is 25.5 Å². The van der Waals surface area contributed by atoms with Crippen LogP contribution in [0.25, 0.3) is 16.1 Å². The lowest BCUT2D eigenvalue weighted by molar-refractivity contribution is 0.0948. The van der Waals surface area contributed by atoms with Crippen LogP contribution in [0.1, 0.15) is 21.7 Å². The van der Waals surface area contributed by atoms with Gasteiger partial charge in [0, 0.05) is 35.6 Å². The molecule has 0 saturated heterocycles. The number of hydrogen-bond donors (Lipinski definition) is 1. The SMILES string of the molecule is COCCCNC(=O)c1cc(-c2ccc(C)s2)cc(-n2cnnn2)c1. The summed E-state index contributed by atoms with van der Waals surface area (Å²) in [5.74, 6) is -0.124. The summed E-state index contributed by atoms with van der Waals surface area (Å²) in [4.78, 5) is 14.8. The standard InChI is InChI=1S/C17H19N5O2S/c1-12-4-5-16(25-12)13-8-14(17(23)18-6-3-7-24-2)10-15(9-13)22-11-19-20-21-22/h4-5,8-11H,3,6-7H2,1-2H3,(H,18,23). The zero-order valence-corrected chi connectivity index (χ0v) is 14.9. The molecule has 3 aromatic rings. The Morgan fingerprint density at radius 3 is 2.88 bits per heavy atom. The summed E-state index contributed by atoms with van der Waals surface area (Å²) in [6.07, 6.45) is 2.28. The van der Waals surface area contributed by atoms with Gasteiger partial charge in [-0.1, -0.05) is 0 Å². The summed E-state index contributed by atoms with van der Waals surface area (Å²) in [6, 6.07) is 9.77. The number of aromatic nitrogens is 4. The van der Waals surface area contributed by atoms with Gasteiger partial charge >= 0.3 is 0 Å². The van der Waals surface area contributed by atoms with Crippen LogP contribution in [0.3, 0.4) is 0 Å². The first-order chi connectivity index (χ1) is 12.2. The van der Waals surface area contributed by atoms with Gasteiger partial charge in [0.15, 0.2) is 0 Å². The third-order valence-corrected chi connectivity index (χ3v) is 4.68.